The zero-order valence-electron chi connectivity index (χ0n) is 2.83. The van der Waals surface area contributed by atoms with Gasteiger partial charge < -0.3 is 0 Å². The van der Waals surface area contributed by atoms with Crippen molar-refractivity contribution in [3.63, 3.8) is 0 Å². The lowest BCUT2D eigenvalue weighted by Gasteiger charge is -1.95. The maximum atomic E-state index is 10.8. The summed E-state index contributed by atoms with van der Waals surface area (Å²) >= 11 is -0.800. The molecule has 0 aromatic heterocycles. The van der Waals surface area contributed by atoms with E-state index in [1.807, 2.05) is 0 Å². The molecule has 0 aliphatic carbocycles. The van der Waals surface area contributed by atoms with E-state index in [4.69, 9.17) is 0 Å². The summed E-state index contributed by atoms with van der Waals surface area (Å²) in [6.45, 7) is 0. The van der Waals surface area contributed by atoms with Gasteiger partial charge in [0.05, 0.1) is 10.8 Å². The van der Waals surface area contributed by atoms with Gasteiger partial charge in [0.2, 0.25) is 0 Å². The minimum Gasteiger partial charge on any atom is -0.160 e. The second-order valence-electron chi connectivity index (χ2n) is 0.592. The highest BCUT2D eigenvalue weighted by Crippen LogP contribution is 2.39. The molecule has 0 bridgehead atoms. The molecule has 7 heavy (non-hydrogen) atoms. The van der Waals surface area contributed by atoms with Gasteiger partial charge in [-0.3, -0.25) is 0 Å². The second-order valence-corrected chi connectivity index (χ2v) is 2.23. The van der Waals surface area contributed by atoms with E-state index in [0.29, 0.717) is 0 Å². The first kappa shape index (κ1) is 7.42. The zero-order valence-corrected chi connectivity index (χ0v) is 4.46. The third kappa shape index (κ3) is 6.42. The number of halogens is 4. The van der Waals surface area contributed by atoms with Crippen LogP contribution in [0.15, 0.2) is 0 Å². The Morgan fingerprint density at radius 2 is 1.57 bits per heavy atom. The lowest BCUT2D eigenvalue weighted by molar-refractivity contribution is -0.0311. The Balaban J connectivity index is 3.15. The Kier molecular flexibility index (Phi) is 2.82. The van der Waals surface area contributed by atoms with Crippen LogP contribution < -0.4 is 0 Å². The fraction of sp³-hybridized carbons (Fsp3) is 1.00. The normalized spacial score (nSPS) is 12.0. The lowest BCUT2D eigenvalue weighted by Crippen LogP contribution is -1.94. The number of hydrogen-bond donors (Lipinski definition) is 0. The Hall–Kier alpha value is 0.420. The predicted molar refractivity (Wildman–Crippen MR) is 22.3 cm³/mol. The highest BCUT2D eigenvalue weighted by atomic mass is 33.1. The van der Waals surface area contributed by atoms with Crippen LogP contribution in [-0.2, 0) is 0 Å². The van der Waals surface area contributed by atoms with Gasteiger partial charge in [-0.15, -0.1) is 0 Å². The summed E-state index contributed by atoms with van der Waals surface area (Å²) in [7, 11) is -0.762. The minimum atomic E-state index is -4.45. The SMILES string of the molecule is FSSC(F)(F)F. The van der Waals surface area contributed by atoms with Crippen LogP contribution in [0.2, 0.25) is 0 Å². The molecule has 0 N–H and O–H groups in total. The molecule has 0 rings (SSSR count). The molecule has 0 saturated heterocycles. The van der Waals surface area contributed by atoms with Crippen LogP contribution in [0.1, 0.15) is 0 Å². The molecule has 0 nitrogen and oxygen atoms in total. The third-order valence-electron chi connectivity index (χ3n) is 0.126. The summed E-state index contributed by atoms with van der Waals surface area (Å²) in [5.74, 6) is 0. The molecule has 0 aromatic carbocycles. The van der Waals surface area contributed by atoms with E-state index in [0.717, 1.165) is 0 Å². The summed E-state index contributed by atoms with van der Waals surface area (Å²) in [5, 5.41) is 0. The van der Waals surface area contributed by atoms with Gasteiger partial charge in [0, 0.05) is 0 Å². The Morgan fingerprint density at radius 1 is 1.14 bits per heavy atom. The fourth-order valence-electron chi connectivity index (χ4n) is 0.0357. The van der Waals surface area contributed by atoms with E-state index in [9.17, 15) is 17.1 Å². The van der Waals surface area contributed by atoms with E-state index in [-0.39, 0.29) is 0 Å². The van der Waals surface area contributed by atoms with Crippen molar-refractivity contribution in [3.8, 4) is 0 Å². The molecule has 0 unspecified atom stereocenters. The average Bonchev–Trinajstić information content (AvgIpc) is 1.30. The molecule has 6 heteroatoms. The van der Waals surface area contributed by atoms with E-state index in [1.54, 1.807) is 0 Å². The van der Waals surface area contributed by atoms with Crippen molar-refractivity contribution >= 4 is 22.0 Å². The second kappa shape index (κ2) is 2.66. The lowest BCUT2D eigenvalue weighted by atomic mass is 11.6. The van der Waals surface area contributed by atoms with Crippen molar-refractivity contribution in [2.24, 2.45) is 0 Å². The molecule has 0 aliphatic rings. The molecular formula is CF4S2. The molecule has 0 aromatic rings. The van der Waals surface area contributed by atoms with Gasteiger partial charge in [0.1, 0.15) is 11.2 Å². The third-order valence-corrected chi connectivity index (χ3v) is 1.13. The molecule has 0 amide bonds. The van der Waals surface area contributed by atoms with Gasteiger partial charge >= 0.3 is 5.51 Å². The predicted octanol–water partition coefficient (Wildman–Crippen LogP) is 2.77. The minimum absolute atomic E-state index is 0.762. The van der Waals surface area contributed by atoms with Crippen LogP contribution in [0.3, 0.4) is 0 Å². The Labute approximate surface area is 45.3 Å². The average molecular weight is 152 g/mol. The van der Waals surface area contributed by atoms with Gasteiger partial charge in [-0.2, -0.15) is 17.1 Å². The first-order valence-electron chi connectivity index (χ1n) is 1.09. The molecule has 0 spiro atoms. The van der Waals surface area contributed by atoms with Gasteiger partial charge in [-0.1, -0.05) is 0 Å². The zero-order chi connectivity index (χ0) is 5.91. The van der Waals surface area contributed by atoms with E-state index >= 15 is 0 Å². The van der Waals surface area contributed by atoms with Crippen molar-refractivity contribution in [1.82, 2.24) is 0 Å². The highest BCUT2D eigenvalue weighted by Gasteiger charge is 2.29. The van der Waals surface area contributed by atoms with Gasteiger partial charge in [0.15, 0.2) is 0 Å². The van der Waals surface area contributed by atoms with Crippen LogP contribution in [0.5, 0.6) is 0 Å². The van der Waals surface area contributed by atoms with E-state index in [2.05, 4.69) is 0 Å². The molecular weight excluding hydrogens is 152 g/mol. The monoisotopic (exact) mass is 152 g/mol. The molecule has 44 valence electrons. The molecule has 0 aliphatic heterocycles. The standard InChI is InChI=1S/CF4S2/c2-1(3,4)6-7-5. The molecule has 0 saturated carbocycles. The van der Waals surface area contributed by atoms with Gasteiger partial charge in [-0.05, 0) is 0 Å². The smallest absolute Gasteiger partial charge is 0.160 e. The first-order chi connectivity index (χ1) is 3.06. The maximum absolute atomic E-state index is 10.8. The first-order valence-corrected chi connectivity index (χ1v) is 3.14. The van der Waals surface area contributed by atoms with Crippen LogP contribution in [0, 0.1) is 0 Å². The van der Waals surface area contributed by atoms with Crippen LogP contribution in [0.25, 0.3) is 0 Å². The van der Waals surface area contributed by atoms with Crippen molar-refractivity contribution < 1.29 is 17.1 Å². The van der Waals surface area contributed by atoms with Crippen molar-refractivity contribution in [2.75, 3.05) is 0 Å². The summed E-state index contributed by atoms with van der Waals surface area (Å²) in [6.07, 6.45) is 0. The Bertz CT molecular complexity index is 48.1. The summed E-state index contributed by atoms with van der Waals surface area (Å²) in [4.78, 5) is 0. The molecule has 0 atom stereocenters. The van der Waals surface area contributed by atoms with Crippen LogP contribution in [0.4, 0.5) is 17.1 Å². The Morgan fingerprint density at radius 3 is 1.57 bits per heavy atom. The van der Waals surface area contributed by atoms with E-state index in [1.165, 1.54) is 0 Å². The number of hydrogen-bond acceptors (Lipinski definition) is 2. The van der Waals surface area contributed by atoms with Crippen molar-refractivity contribution in [1.29, 1.82) is 0 Å². The van der Waals surface area contributed by atoms with Crippen molar-refractivity contribution in [2.45, 2.75) is 5.51 Å². The van der Waals surface area contributed by atoms with Crippen LogP contribution >= 0.6 is 22.0 Å². The van der Waals surface area contributed by atoms with Crippen LogP contribution in [-0.4, -0.2) is 5.51 Å². The fourth-order valence-corrected chi connectivity index (χ4v) is 0.321. The topological polar surface area (TPSA) is 0 Å². The molecule has 0 heterocycles. The largest absolute Gasteiger partial charge is 0.454 e. The van der Waals surface area contributed by atoms with Gasteiger partial charge in [0.25, 0.3) is 0 Å². The maximum Gasteiger partial charge on any atom is 0.454 e. The van der Waals surface area contributed by atoms with E-state index < -0.39 is 27.5 Å². The summed E-state index contributed by atoms with van der Waals surface area (Å²) in [5.41, 5.74) is -4.45. The van der Waals surface area contributed by atoms with Crippen molar-refractivity contribution in [3.05, 3.63) is 0 Å². The molecule has 0 radical (unpaired) electrons. The molecule has 0 fully saturated rings. The summed E-state index contributed by atoms with van der Waals surface area (Å²) < 4.78 is 42.9. The summed E-state index contributed by atoms with van der Waals surface area (Å²) in [6, 6.07) is 0. The number of alkyl halides is 3. The number of rotatable bonds is 1. The quantitative estimate of drug-likeness (QED) is 0.418. The highest BCUT2D eigenvalue weighted by molar-refractivity contribution is 8.75. The van der Waals surface area contributed by atoms with Gasteiger partial charge in [-0.25, -0.2) is 0 Å².